The summed E-state index contributed by atoms with van der Waals surface area (Å²) in [5.41, 5.74) is 0. The van der Waals surface area contributed by atoms with Crippen molar-refractivity contribution in [2.45, 2.75) is 110 Å². The van der Waals surface area contributed by atoms with E-state index in [0.717, 1.165) is 12.8 Å². The summed E-state index contributed by atoms with van der Waals surface area (Å²) < 4.78 is 0. The summed E-state index contributed by atoms with van der Waals surface area (Å²) >= 11 is 0. The van der Waals surface area contributed by atoms with Gasteiger partial charge < -0.3 is 5.32 Å². The number of nitrogens with one attached hydrogen (secondary N) is 1. The van der Waals surface area contributed by atoms with Crippen molar-refractivity contribution in [1.82, 2.24) is 5.32 Å². The van der Waals surface area contributed by atoms with Gasteiger partial charge in [0, 0.05) is 6.54 Å². The molecular formula is C21H40NO. The first-order valence-electron chi connectivity index (χ1n) is 10.1. The van der Waals surface area contributed by atoms with Gasteiger partial charge in [0.05, 0.1) is 0 Å². The smallest absolute Gasteiger partial charge is 0.243 e. The lowest BCUT2D eigenvalue weighted by atomic mass is 10.0. The highest BCUT2D eigenvalue weighted by Gasteiger charge is 1.94. The summed E-state index contributed by atoms with van der Waals surface area (Å²) in [5.74, 6) is 0.00143. The summed E-state index contributed by atoms with van der Waals surface area (Å²) in [7, 11) is 0. The quantitative estimate of drug-likeness (QED) is 0.234. The van der Waals surface area contributed by atoms with Gasteiger partial charge in [-0.2, -0.15) is 0 Å². The fraction of sp³-hybridized carbons (Fsp3) is 0.810. The van der Waals surface area contributed by atoms with E-state index in [2.05, 4.69) is 12.2 Å². The van der Waals surface area contributed by atoms with Crippen LogP contribution in [0, 0.1) is 6.54 Å². The Balaban J connectivity index is 3.13. The molecular weight excluding hydrogens is 282 g/mol. The summed E-state index contributed by atoms with van der Waals surface area (Å²) in [4.78, 5) is 11.3. The minimum absolute atomic E-state index is 0.00143. The molecule has 1 N–H and O–H groups in total. The first kappa shape index (κ1) is 22.2. The second-order valence-electron chi connectivity index (χ2n) is 6.55. The van der Waals surface area contributed by atoms with E-state index in [1.54, 1.807) is 12.6 Å². The molecule has 0 fully saturated rings. The zero-order chi connectivity index (χ0) is 17.0. The van der Waals surface area contributed by atoms with Gasteiger partial charge in [-0.25, -0.2) is 0 Å². The molecule has 0 aliphatic rings. The second kappa shape index (κ2) is 19.3. The molecule has 0 atom stereocenters. The molecule has 0 aromatic rings. The molecule has 2 heteroatoms. The summed E-state index contributed by atoms with van der Waals surface area (Å²) in [6.45, 7) is 6.08. The van der Waals surface area contributed by atoms with E-state index in [1.165, 1.54) is 83.5 Å². The van der Waals surface area contributed by atoms with Crippen LogP contribution in [0.15, 0.2) is 12.2 Å². The van der Waals surface area contributed by atoms with Crippen LogP contribution in [0.5, 0.6) is 0 Å². The summed E-state index contributed by atoms with van der Waals surface area (Å²) in [6.07, 6.45) is 23.5. The highest BCUT2D eigenvalue weighted by atomic mass is 16.1. The van der Waals surface area contributed by atoms with Crippen LogP contribution in [0.25, 0.3) is 0 Å². The van der Waals surface area contributed by atoms with Gasteiger partial charge in [-0.15, -0.1) is 0 Å². The lowest BCUT2D eigenvalue weighted by Gasteiger charge is -2.02. The molecule has 0 saturated heterocycles. The molecule has 0 saturated carbocycles. The average Bonchev–Trinajstić information content (AvgIpc) is 2.56. The molecule has 0 aliphatic carbocycles. The molecule has 0 bridgehead atoms. The molecule has 1 radical (unpaired) electrons. The summed E-state index contributed by atoms with van der Waals surface area (Å²) in [6, 6.07) is 0. The van der Waals surface area contributed by atoms with Crippen LogP contribution in [0.4, 0.5) is 0 Å². The van der Waals surface area contributed by atoms with Crippen molar-refractivity contribution in [3.8, 4) is 0 Å². The van der Waals surface area contributed by atoms with Crippen molar-refractivity contribution in [1.29, 1.82) is 0 Å². The Morgan fingerprint density at radius 3 is 1.70 bits per heavy atom. The monoisotopic (exact) mass is 322 g/mol. The zero-order valence-corrected chi connectivity index (χ0v) is 15.7. The predicted molar refractivity (Wildman–Crippen MR) is 102 cm³/mol. The van der Waals surface area contributed by atoms with Crippen molar-refractivity contribution in [2.75, 3.05) is 0 Å². The van der Waals surface area contributed by atoms with Gasteiger partial charge in [-0.05, 0) is 25.3 Å². The molecule has 0 unspecified atom stereocenters. The number of carbonyl (C=O) groups excluding carboxylic acids is 1. The molecule has 135 valence electrons. The maximum atomic E-state index is 11.3. The third kappa shape index (κ3) is 19.2. The number of rotatable bonds is 17. The summed E-state index contributed by atoms with van der Waals surface area (Å²) in [5, 5.41) is 2.73. The molecule has 0 rings (SSSR count). The van der Waals surface area contributed by atoms with E-state index in [1.807, 2.05) is 13.0 Å². The Morgan fingerprint density at radius 1 is 0.739 bits per heavy atom. The minimum Gasteiger partial charge on any atom is -0.348 e. The first-order chi connectivity index (χ1) is 11.3. The Bertz CT molecular complexity index is 273. The van der Waals surface area contributed by atoms with Crippen LogP contribution in [-0.2, 0) is 4.79 Å². The lowest BCUT2D eigenvalue weighted by Crippen LogP contribution is -2.16. The van der Waals surface area contributed by atoms with Crippen molar-refractivity contribution in [2.24, 2.45) is 0 Å². The third-order valence-electron chi connectivity index (χ3n) is 4.19. The normalized spacial score (nSPS) is 11.2. The maximum absolute atomic E-state index is 11.3. The van der Waals surface area contributed by atoms with Crippen LogP contribution < -0.4 is 5.32 Å². The molecule has 23 heavy (non-hydrogen) atoms. The van der Waals surface area contributed by atoms with E-state index in [9.17, 15) is 4.79 Å². The topological polar surface area (TPSA) is 29.1 Å². The van der Waals surface area contributed by atoms with Gasteiger partial charge in [0.15, 0.2) is 0 Å². The maximum Gasteiger partial charge on any atom is 0.243 e. The molecule has 0 aromatic heterocycles. The highest BCUT2D eigenvalue weighted by molar-refractivity contribution is 5.87. The molecule has 0 aromatic carbocycles. The van der Waals surface area contributed by atoms with Gasteiger partial charge in [-0.1, -0.05) is 97.0 Å². The number of unbranched alkanes of at least 4 members (excludes halogenated alkanes) is 13. The number of hydrogen-bond donors (Lipinski definition) is 1. The van der Waals surface area contributed by atoms with Gasteiger partial charge in [0.25, 0.3) is 0 Å². The number of allylic oxidation sites excluding steroid dienone is 1. The molecule has 0 spiro atoms. The van der Waals surface area contributed by atoms with Crippen LogP contribution in [-0.4, -0.2) is 5.91 Å². The van der Waals surface area contributed by atoms with E-state index in [4.69, 9.17) is 0 Å². The van der Waals surface area contributed by atoms with Crippen molar-refractivity contribution >= 4 is 5.91 Å². The number of amides is 1. The van der Waals surface area contributed by atoms with E-state index in [-0.39, 0.29) is 5.91 Å². The van der Waals surface area contributed by atoms with E-state index in [0.29, 0.717) is 0 Å². The van der Waals surface area contributed by atoms with E-state index >= 15 is 0 Å². The molecule has 1 amide bonds. The highest BCUT2D eigenvalue weighted by Crippen LogP contribution is 2.12. The fourth-order valence-corrected chi connectivity index (χ4v) is 2.72. The Hall–Kier alpha value is -0.790. The Kier molecular flexibility index (Phi) is 18.6. The van der Waals surface area contributed by atoms with E-state index < -0.39 is 0 Å². The van der Waals surface area contributed by atoms with Crippen LogP contribution >= 0.6 is 0 Å². The number of hydrogen-bond acceptors (Lipinski definition) is 1. The van der Waals surface area contributed by atoms with Crippen LogP contribution in [0.3, 0.4) is 0 Å². The lowest BCUT2D eigenvalue weighted by molar-refractivity contribution is -0.116. The Labute approximate surface area is 145 Å². The van der Waals surface area contributed by atoms with Gasteiger partial charge in [-0.3, -0.25) is 4.79 Å². The fourth-order valence-electron chi connectivity index (χ4n) is 2.72. The van der Waals surface area contributed by atoms with Gasteiger partial charge >= 0.3 is 0 Å². The van der Waals surface area contributed by atoms with Crippen molar-refractivity contribution in [3.63, 3.8) is 0 Å². The average molecular weight is 323 g/mol. The predicted octanol–water partition coefficient (Wildman–Crippen LogP) is 6.71. The standard InChI is InChI=1S/C21H40NO/c1-3-5-6-7-8-9-10-11-12-13-14-15-16-17-18-19-21(23)22-20-4-2/h18-20H,3-17H2,1-2H3,(H,22,23). The largest absolute Gasteiger partial charge is 0.348 e. The minimum atomic E-state index is 0.00143. The molecule has 0 heterocycles. The molecule has 0 aliphatic heterocycles. The van der Waals surface area contributed by atoms with Crippen molar-refractivity contribution < 1.29 is 4.79 Å². The first-order valence-corrected chi connectivity index (χ1v) is 10.1. The zero-order valence-electron chi connectivity index (χ0n) is 15.7. The number of carbonyl (C=O) groups is 1. The van der Waals surface area contributed by atoms with Gasteiger partial charge in [0.2, 0.25) is 5.91 Å². The van der Waals surface area contributed by atoms with Crippen LogP contribution in [0.2, 0.25) is 0 Å². The van der Waals surface area contributed by atoms with Crippen molar-refractivity contribution in [3.05, 3.63) is 18.7 Å². The SMILES string of the molecule is CC[CH]NC(=O)C=CCCCCCCCCCCCCCCC. The third-order valence-corrected chi connectivity index (χ3v) is 4.19. The molecule has 2 nitrogen and oxygen atoms in total. The second-order valence-corrected chi connectivity index (χ2v) is 6.55. The van der Waals surface area contributed by atoms with Gasteiger partial charge in [0.1, 0.15) is 0 Å². The Morgan fingerprint density at radius 2 is 1.22 bits per heavy atom. The van der Waals surface area contributed by atoms with Crippen LogP contribution in [0.1, 0.15) is 110 Å².